The van der Waals surface area contributed by atoms with Crippen molar-refractivity contribution in [1.82, 2.24) is 5.32 Å². The number of rotatable bonds is 10. The Hall–Kier alpha value is -5.11. The summed E-state index contributed by atoms with van der Waals surface area (Å²) in [4.78, 5) is 40.9. The molecule has 5 aromatic rings. The monoisotopic (exact) mass is 631 g/mol. The Bertz CT molecular complexity index is 1840. The molecule has 6 nitrogen and oxygen atoms in total. The highest BCUT2D eigenvalue weighted by atomic mass is 35.5. The molecule has 1 unspecified atom stereocenters. The summed E-state index contributed by atoms with van der Waals surface area (Å²) in [6.45, 7) is 1.96. The Morgan fingerprint density at radius 2 is 1.42 bits per heavy atom. The van der Waals surface area contributed by atoms with E-state index in [4.69, 9.17) is 11.6 Å². The SMILES string of the molecule is Cc1cccc(/C=C(/NC(=O)c2ccccc2)C(=O)Nc2cccc(SC(C(=O)Nc3ccccc3Cl)c3ccccc3)c2)c1. The predicted octanol–water partition coefficient (Wildman–Crippen LogP) is 8.53. The molecule has 8 heteroatoms. The van der Waals surface area contributed by atoms with Crippen LogP contribution in [0.2, 0.25) is 5.02 Å². The molecule has 0 aliphatic carbocycles. The van der Waals surface area contributed by atoms with E-state index in [1.54, 1.807) is 66.7 Å². The second kappa shape index (κ2) is 15.1. The first-order valence-electron chi connectivity index (χ1n) is 14.2. The van der Waals surface area contributed by atoms with E-state index in [1.807, 2.05) is 79.7 Å². The fourth-order valence-corrected chi connectivity index (χ4v) is 5.78. The van der Waals surface area contributed by atoms with Crippen LogP contribution in [0.15, 0.2) is 144 Å². The van der Waals surface area contributed by atoms with Crippen molar-refractivity contribution in [1.29, 1.82) is 0 Å². The molecule has 0 bridgehead atoms. The number of hydrogen-bond donors (Lipinski definition) is 3. The Morgan fingerprint density at radius 3 is 2.16 bits per heavy atom. The minimum absolute atomic E-state index is 0.0915. The fraction of sp³-hybridized carbons (Fsp3) is 0.0541. The molecule has 0 saturated carbocycles. The molecule has 5 rings (SSSR count). The molecular weight excluding hydrogens is 602 g/mol. The lowest BCUT2D eigenvalue weighted by Crippen LogP contribution is -2.30. The summed E-state index contributed by atoms with van der Waals surface area (Å²) in [5.41, 5.74) is 4.16. The van der Waals surface area contributed by atoms with Crippen molar-refractivity contribution in [2.75, 3.05) is 10.6 Å². The van der Waals surface area contributed by atoms with E-state index < -0.39 is 17.1 Å². The number of carbonyl (C=O) groups excluding carboxylic acids is 3. The van der Waals surface area contributed by atoms with Crippen molar-refractivity contribution in [3.05, 3.63) is 166 Å². The summed E-state index contributed by atoms with van der Waals surface area (Å²) in [5, 5.41) is 8.47. The van der Waals surface area contributed by atoms with Crippen LogP contribution in [-0.2, 0) is 9.59 Å². The van der Waals surface area contributed by atoms with Crippen LogP contribution in [0.25, 0.3) is 6.08 Å². The van der Waals surface area contributed by atoms with Crippen LogP contribution in [0.3, 0.4) is 0 Å². The van der Waals surface area contributed by atoms with Crippen molar-refractivity contribution < 1.29 is 14.4 Å². The van der Waals surface area contributed by atoms with E-state index in [0.717, 1.165) is 21.6 Å². The number of carbonyl (C=O) groups is 3. The maximum atomic E-state index is 13.6. The molecule has 0 heterocycles. The number of anilines is 2. The Kier molecular flexibility index (Phi) is 10.5. The summed E-state index contributed by atoms with van der Waals surface area (Å²) < 4.78 is 0. The lowest BCUT2D eigenvalue weighted by atomic mass is 10.1. The minimum atomic E-state index is -0.602. The lowest BCUT2D eigenvalue weighted by molar-refractivity contribution is -0.116. The van der Waals surface area contributed by atoms with E-state index >= 15 is 0 Å². The van der Waals surface area contributed by atoms with Gasteiger partial charge < -0.3 is 16.0 Å². The number of para-hydroxylation sites is 1. The van der Waals surface area contributed by atoms with Crippen molar-refractivity contribution in [3.8, 4) is 0 Å². The Morgan fingerprint density at radius 1 is 0.733 bits per heavy atom. The average molecular weight is 632 g/mol. The Balaban J connectivity index is 1.38. The lowest BCUT2D eigenvalue weighted by Gasteiger charge is -2.18. The normalized spacial score (nSPS) is 11.7. The van der Waals surface area contributed by atoms with Gasteiger partial charge in [0, 0.05) is 16.1 Å². The average Bonchev–Trinajstić information content (AvgIpc) is 3.05. The molecule has 1 atom stereocenters. The van der Waals surface area contributed by atoms with E-state index in [9.17, 15) is 14.4 Å². The topological polar surface area (TPSA) is 87.3 Å². The van der Waals surface area contributed by atoms with Crippen molar-refractivity contribution in [2.24, 2.45) is 0 Å². The molecule has 3 amide bonds. The van der Waals surface area contributed by atoms with Gasteiger partial charge in [0.2, 0.25) is 5.91 Å². The number of hydrogen-bond acceptors (Lipinski definition) is 4. The summed E-state index contributed by atoms with van der Waals surface area (Å²) in [5.74, 6) is -1.12. The summed E-state index contributed by atoms with van der Waals surface area (Å²) >= 11 is 7.65. The van der Waals surface area contributed by atoms with Crippen LogP contribution in [-0.4, -0.2) is 17.7 Å². The number of halogens is 1. The zero-order chi connectivity index (χ0) is 31.6. The van der Waals surface area contributed by atoms with Crippen molar-refractivity contribution in [2.45, 2.75) is 17.1 Å². The van der Waals surface area contributed by atoms with E-state index in [0.29, 0.717) is 22.0 Å². The van der Waals surface area contributed by atoms with Gasteiger partial charge in [0.15, 0.2) is 0 Å². The van der Waals surface area contributed by atoms with Crippen LogP contribution in [0.5, 0.6) is 0 Å². The molecule has 45 heavy (non-hydrogen) atoms. The number of benzene rings is 5. The summed E-state index contributed by atoms with van der Waals surface area (Å²) in [7, 11) is 0. The smallest absolute Gasteiger partial charge is 0.272 e. The molecule has 0 aromatic heterocycles. The number of thioether (sulfide) groups is 1. The van der Waals surface area contributed by atoms with Gasteiger partial charge in [0.25, 0.3) is 11.8 Å². The highest BCUT2D eigenvalue weighted by Gasteiger charge is 2.23. The third kappa shape index (κ3) is 8.72. The van der Waals surface area contributed by atoms with E-state index in [1.165, 1.54) is 11.8 Å². The molecule has 0 aliphatic heterocycles. The molecular formula is C37H30ClN3O3S. The second-order valence-electron chi connectivity index (χ2n) is 10.2. The highest BCUT2D eigenvalue weighted by molar-refractivity contribution is 8.00. The van der Waals surface area contributed by atoms with Gasteiger partial charge in [-0.15, -0.1) is 11.8 Å². The molecule has 0 spiro atoms. The molecule has 3 N–H and O–H groups in total. The van der Waals surface area contributed by atoms with Crippen LogP contribution < -0.4 is 16.0 Å². The van der Waals surface area contributed by atoms with Crippen molar-refractivity contribution >= 4 is 58.5 Å². The molecule has 0 aliphatic rings. The number of nitrogens with one attached hydrogen (secondary N) is 3. The quantitative estimate of drug-likeness (QED) is 0.106. The van der Waals surface area contributed by atoms with Crippen molar-refractivity contribution in [3.63, 3.8) is 0 Å². The van der Waals surface area contributed by atoms with Crippen LogP contribution in [0, 0.1) is 6.92 Å². The van der Waals surface area contributed by atoms with Crippen LogP contribution >= 0.6 is 23.4 Å². The van der Waals surface area contributed by atoms with Gasteiger partial charge in [-0.25, -0.2) is 0 Å². The first-order valence-corrected chi connectivity index (χ1v) is 15.4. The second-order valence-corrected chi connectivity index (χ2v) is 11.7. The molecule has 0 fully saturated rings. The first-order chi connectivity index (χ1) is 21.9. The highest BCUT2D eigenvalue weighted by Crippen LogP contribution is 2.37. The maximum absolute atomic E-state index is 13.6. The standard InChI is InChI=1S/C37H30ClN3O3S/c1-25-12-10-13-26(22-25)23-33(41-35(42)28-16-6-3-7-17-28)36(43)39-29-18-11-19-30(24-29)45-34(27-14-4-2-5-15-27)37(44)40-32-21-9-8-20-31(32)38/h2-24,34H,1H3,(H,39,43)(H,40,44)(H,41,42)/b33-23+. The number of aryl methyl sites for hydroxylation is 1. The first kappa shape index (κ1) is 31.3. The van der Waals surface area contributed by atoms with Gasteiger partial charge in [-0.3, -0.25) is 14.4 Å². The van der Waals surface area contributed by atoms with Gasteiger partial charge in [0.1, 0.15) is 10.9 Å². The van der Waals surface area contributed by atoms with Gasteiger partial charge in [-0.2, -0.15) is 0 Å². The van der Waals surface area contributed by atoms with Gasteiger partial charge in [-0.1, -0.05) is 108 Å². The molecule has 0 saturated heterocycles. The predicted molar refractivity (Wildman–Crippen MR) is 183 cm³/mol. The molecule has 5 aromatic carbocycles. The minimum Gasteiger partial charge on any atom is -0.323 e. The third-order valence-corrected chi connectivity index (χ3v) is 8.28. The maximum Gasteiger partial charge on any atom is 0.272 e. The van der Waals surface area contributed by atoms with Gasteiger partial charge in [-0.05, 0) is 66.6 Å². The Labute approximate surface area is 271 Å². The summed E-state index contributed by atoms with van der Waals surface area (Å²) in [6.07, 6.45) is 1.65. The van der Waals surface area contributed by atoms with E-state index in [2.05, 4.69) is 16.0 Å². The molecule has 224 valence electrons. The zero-order valence-corrected chi connectivity index (χ0v) is 25.9. The van der Waals surface area contributed by atoms with Crippen LogP contribution in [0.4, 0.5) is 11.4 Å². The fourth-order valence-electron chi connectivity index (χ4n) is 4.51. The van der Waals surface area contributed by atoms with E-state index in [-0.39, 0.29) is 11.6 Å². The number of amides is 3. The zero-order valence-electron chi connectivity index (χ0n) is 24.4. The third-order valence-electron chi connectivity index (χ3n) is 6.70. The summed E-state index contributed by atoms with van der Waals surface area (Å²) in [6, 6.07) is 40.1. The van der Waals surface area contributed by atoms with Crippen LogP contribution in [0.1, 0.15) is 32.3 Å². The largest absolute Gasteiger partial charge is 0.323 e. The molecule has 0 radical (unpaired) electrons. The van der Waals surface area contributed by atoms with Gasteiger partial charge in [0.05, 0.1) is 10.7 Å². The van der Waals surface area contributed by atoms with Gasteiger partial charge >= 0.3 is 0 Å².